The molecule has 462 valence electrons. The number of likely N-dealkylation sites (tertiary alicyclic amines) is 1. The molecule has 1 aliphatic rings. The number of rotatable bonds is 34. The third-order valence-electron chi connectivity index (χ3n) is 13.8. The lowest BCUT2D eigenvalue weighted by molar-refractivity contribution is -0.145. The van der Waals surface area contributed by atoms with Gasteiger partial charge in [0.05, 0.1) is 6.10 Å². The van der Waals surface area contributed by atoms with Gasteiger partial charge in [0.2, 0.25) is 65.0 Å². The van der Waals surface area contributed by atoms with E-state index >= 15 is 0 Å². The molecule has 25 heteroatoms. The van der Waals surface area contributed by atoms with Gasteiger partial charge in [0, 0.05) is 19.9 Å². The number of hydrogen-bond donors (Lipinski definition) is 13. The van der Waals surface area contributed by atoms with Crippen molar-refractivity contribution in [1.29, 1.82) is 0 Å². The first-order chi connectivity index (χ1) is 38.3. The second kappa shape index (κ2) is 34.5. The summed E-state index contributed by atoms with van der Waals surface area (Å²) in [5, 5.41) is 45.0. The smallest absolute Gasteiger partial charge is 0.248 e. The van der Waals surface area contributed by atoms with Gasteiger partial charge in [-0.15, -0.1) is 0 Å². The number of nitrogens with one attached hydrogen (secondary N) is 9. The molecule has 0 saturated carbocycles. The van der Waals surface area contributed by atoms with Gasteiger partial charge in [-0.3, -0.25) is 52.7 Å². The molecule has 15 N–H and O–H groups in total. The number of aliphatic hydroxyl groups excluding tert-OH is 1. The fraction of sp³-hybridized carbons (Fsp3) is 0.702. The number of carbonyl (C=O) groups is 11. The van der Waals surface area contributed by atoms with Gasteiger partial charge < -0.3 is 74.4 Å². The second-order valence-corrected chi connectivity index (χ2v) is 23.6. The fourth-order valence-corrected chi connectivity index (χ4v) is 9.40. The number of benzene rings is 1. The van der Waals surface area contributed by atoms with Crippen molar-refractivity contribution in [3.05, 3.63) is 29.8 Å². The Morgan fingerprint density at radius 3 is 1.49 bits per heavy atom. The van der Waals surface area contributed by atoms with Gasteiger partial charge in [0.25, 0.3) is 0 Å². The van der Waals surface area contributed by atoms with Crippen molar-refractivity contribution < 1.29 is 63.0 Å². The molecule has 0 radical (unpaired) electrons. The Morgan fingerprint density at radius 1 is 0.549 bits per heavy atom. The summed E-state index contributed by atoms with van der Waals surface area (Å²) in [5.41, 5.74) is 11.8. The summed E-state index contributed by atoms with van der Waals surface area (Å²) in [6.45, 7) is 22.1. The van der Waals surface area contributed by atoms with E-state index in [0.717, 1.165) is 0 Å². The molecule has 2 rings (SSSR count). The van der Waals surface area contributed by atoms with Crippen LogP contribution < -0.4 is 59.3 Å². The van der Waals surface area contributed by atoms with Crippen LogP contribution in [0, 0.1) is 29.6 Å². The van der Waals surface area contributed by atoms with Crippen molar-refractivity contribution >= 4 is 65.0 Å². The molecule has 1 aromatic carbocycles. The van der Waals surface area contributed by atoms with Crippen LogP contribution in [0.15, 0.2) is 24.3 Å². The van der Waals surface area contributed by atoms with E-state index in [9.17, 15) is 63.0 Å². The summed E-state index contributed by atoms with van der Waals surface area (Å²) in [6, 6.07) is -6.31. The summed E-state index contributed by atoms with van der Waals surface area (Å²) in [4.78, 5) is 151. The maximum absolute atomic E-state index is 14.6. The van der Waals surface area contributed by atoms with E-state index in [1.165, 1.54) is 49.9 Å². The molecule has 0 spiro atoms. The van der Waals surface area contributed by atoms with Crippen LogP contribution >= 0.6 is 0 Å². The number of unbranched alkanes of at least 4 members (excludes halogenated alkanes) is 1. The van der Waals surface area contributed by atoms with Crippen molar-refractivity contribution in [3.63, 3.8) is 0 Å². The van der Waals surface area contributed by atoms with Crippen molar-refractivity contribution in [2.75, 3.05) is 13.1 Å². The Morgan fingerprint density at radius 2 is 1.00 bits per heavy atom. The van der Waals surface area contributed by atoms with Crippen LogP contribution in [0.2, 0.25) is 0 Å². The van der Waals surface area contributed by atoms with E-state index in [1.54, 1.807) is 41.5 Å². The summed E-state index contributed by atoms with van der Waals surface area (Å²) >= 11 is 0. The maximum atomic E-state index is 14.6. The molecule has 0 aromatic heterocycles. The fourth-order valence-electron chi connectivity index (χ4n) is 9.40. The number of aliphatic hydroxyl groups is 1. The van der Waals surface area contributed by atoms with Gasteiger partial charge in [-0.25, -0.2) is 0 Å². The largest absolute Gasteiger partial charge is 0.508 e. The predicted molar refractivity (Wildman–Crippen MR) is 307 cm³/mol. The Labute approximate surface area is 483 Å². The normalized spacial score (nSPS) is 17.0. The molecule has 1 aromatic rings. The van der Waals surface area contributed by atoms with E-state index in [2.05, 4.69) is 47.9 Å². The third kappa shape index (κ3) is 23.9. The number of nitrogens with zero attached hydrogens (tertiary/aromatic N) is 1. The Bertz CT molecular complexity index is 2330. The topological polar surface area (TPSA) is 392 Å². The molecule has 82 heavy (non-hydrogen) atoms. The lowest BCUT2D eigenvalue weighted by Gasteiger charge is -2.32. The number of phenols is 1. The highest BCUT2D eigenvalue weighted by Gasteiger charge is 2.42. The number of phenolic OH excluding ortho intramolecular Hbond substituents is 1. The molecule has 0 unspecified atom stereocenters. The lowest BCUT2D eigenvalue weighted by atomic mass is 9.98. The average molecular weight is 1160 g/mol. The predicted octanol–water partition coefficient (Wildman–Crippen LogP) is -0.226. The third-order valence-corrected chi connectivity index (χ3v) is 13.8. The minimum Gasteiger partial charge on any atom is -0.508 e. The molecule has 1 fully saturated rings. The monoisotopic (exact) mass is 1160 g/mol. The van der Waals surface area contributed by atoms with Gasteiger partial charge in [-0.1, -0.05) is 81.4 Å². The number of amides is 11. The standard InChI is InChI=1S/C57H96N12O13/c1-29(2)25-40(61-36(13)71)51(76)60-34(11)49(74)63-41(26-30(3)4)52(77)62-39(17-14-15-23-58)50(75)65-43(28-37-19-21-38(72)22-20-37)53(78)64-42(27-31(5)6)54(79)67-46(33(9)10)56(81)68-47(35(12)70)57(82)69-24-16-18-44(69)55(80)66-45(32(7)8)48(59)73/h19-22,29-35,39-47,70,72H,14-18,23-28,58H2,1-13H3,(H2,59,73)(H,60,76)(H,61,71)(H,62,77)(H,63,74)(H,64,78)(H,65,75)(H,66,80)(H,67,79)(H,68,81)/t34-,35+,39-,40-,41-,42-,43-,44-,45-,46-,47-/m0/s1. The van der Waals surface area contributed by atoms with E-state index in [0.29, 0.717) is 31.2 Å². The zero-order chi connectivity index (χ0) is 62.3. The number of aromatic hydroxyl groups is 1. The molecule has 0 aliphatic carbocycles. The van der Waals surface area contributed by atoms with Crippen molar-refractivity contribution in [3.8, 4) is 5.75 Å². The van der Waals surface area contributed by atoms with Gasteiger partial charge >= 0.3 is 0 Å². The Kier molecular flexibility index (Phi) is 30.0. The van der Waals surface area contributed by atoms with Gasteiger partial charge in [-0.2, -0.15) is 0 Å². The van der Waals surface area contributed by atoms with Gasteiger partial charge in [0.1, 0.15) is 66.2 Å². The van der Waals surface area contributed by atoms with E-state index < -0.39 is 137 Å². The van der Waals surface area contributed by atoms with Crippen LogP contribution in [0.4, 0.5) is 0 Å². The summed E-state index contributed by atoms with van der Waals surface area (Å²) in [5.74, 6) is -9.20. The first-order valence-electron chi connectivity index (χ1n) is 28.7. The molecule has 1 saturated heterocycles. The van der Waals surface area contributed by atoms with Crippen LogP contribution in [0.25, 0.3) is 0 Å². The second-order valence-electron chi connectivity index (χ2n) is 23.6. The summed E-state index contributed by atoms with van der Waals surface area (Å²) < 4.78 is 0. The van der Waals surface area contributed by atoms with Crippen molar-refractivity contribution in [2.45, 2.75) is 214 Å². The number of nitrogens with two attached hydrogens (primary N) is 2. The Balaban J connectivity index is 2.46. The van der Waals surface area contributed by atoms with E-state index in [1.807, 2.05) is 27.7 Å². The molecule has 1 aliphatic heterocycles. The first-order valence-corrected chi connectivity index (χ1v) is 28.7. The SMILES string of the molecule is CC(=O)N[C@@H](CC(C)C)C(=O)N[C@@H](C)C(=O)N[C@@H](CC(C)C)C(=O)N[C@@H](CCCCN)C(=O)N[C@@H](Cc1ccc(O)cc1)C(=O)N[C@@H](CC(C)C)C(=O)N[C@H](C(=O)N[C@H](C(=O)N1CCC[C@H]1C(=O)N[C@H](C(N)=O)C(C)C)[C@@H](C)O)C(C)C. The molecule has 11 atom stereocenters. The van der Waals surface area contributed by atoms with Gasteiger partial charge in [0.15, 0.2) is 0 Å². The molecule has 0 bridgehead atoms. The van der Waals surface area contributed by atoms with Gasteiger partial charge in [-0.05, 0) is 119 Å². The summed E-state index contributed by atoms with van der Waals surface area (Å²) in [7, 11) is 0. The quantitative estimate of drug-likeness (QED) is 0.0397. The first kappa shape index (κ1) is 71.2. The lowest BCUT2D eigenvalue weighted by Crippen LogP contribution is -2.62. The molecular weight excluding hydrogens is 1060 g/mol. The van der Waals surface area contributed by atoms with Crippen molar-refractivity contribution in [1.82, 2.24) is 52.8 Å². The molecule has 1 heterocycles. The van der Waals surface area contributed by atoms with Crippen LogP contribution in [0.5, 0.6) is 5.75 Å². The van der Waals surface area contributed by atoms with Crippen LogP contribution in [0.3, 0.4) is 0 Å². The van der Waals surface area contributed by atoms with Crippen LogP contribution in [0.1, 0.15) is 147 Å². The number of hydrogen-bond acceptors (Lipinski definition) is 14. The zero-order valence-corrected chi connectivity index (χ0v) is 50.3. The zero-order valence-electron chi connectivity index (χ0n) is 50.3. The average Bonchev–Trinajstić information content (AvgIpc) is 3.94. The van der Waals surface area contributed by atoms with E-state index in [-0.39, 0.29) is 74.6 Å². The molecular formula is C57H96N12O13. The number of primary amides is 1. The number of carbonyl (C=O) groups excluding carboxylic acids is 11. The highest BCUT2D eigenvalue weighted by molar-refractivity contribution is 5.99. The molecule has 25 nitrogen and oxygen atoms in total. The van der Waals surface area contributed by atoms with Crippen LogP contribution in [-0.4, -0.2) is 160 Å². The minimum absolute atomic E-state index is 0.0344. The maximum Gasteiger partial charge on any atom is 0.248 e. The highest BCUT2D eigenvalue weighted by Crippen LogP contribution is 2.21. The van der Waals surface area contributed by atoms with Crippen LogP contribution in [-0.2, 0) is 59.2 Å². The summed E-state index contributed by atoms with van der Waals surface area (Å²) in [6.07, 6.45) is 0.383. The van der Waals surface area contributed by atoms with Crippen molar-refractivity contribution in [2.24, 2.45) is 41.1 Å². The Hall–Kier alpha value is -6.89. The minimum atomic E-state index is -1.57. The van der Waals surface area contributed by atoms with E-state index in [4.69, 9.17) is 11.5 Å². The highest BCUT2D eigenvalue weighted by atomic mass is 16.3. The molecule has 11 amide bonds.